The summed E-state index contributed by atoms with van der Waals surface area (Å²) in [7, 11) is 0. The second-order valence-corrected chi connectivity index (χ2v) is 7.21. The van der Waals surface area contributed by atoms with Crippen molar-refractivity contribution in [1.29, 1.82) is 0 Å². The van der Waals surface area contributed by atoms with Crippen molar-refractivity contribution in [3.8, 4) is 0 Å². The molecule has 0 spiro atoms. The van der Waals surface area contributed by atoms with Crippen LogP contribution in [0.4, 0.5) is 9.39 Å². The molecule has 0 saturated heterocycles. The van der Waals surface area contributed by atoms with E-state index in [1.165, 1.54) is 17.4 Å². The van der Waals surface area contributed by atoms with E-state index >= 15 is 0 Å². The summed E-state index contributed by atoms with van der Waals surface area (Å²) in [5.74, 6) is -0.999. The fourth-order valence-electron chi connectivity index (χ4n) is 2.05. The number of carbonyl (C=O) groups is 2. The molecule has 1 heterocycles. The number of carbonyl (C=O) groups excluding carboxylic acids is 2. The van der Waals surface area contributed by atoms with E-state index in [9.17, 15) is 14.0 Å². The molecule has 4 N–H and O–H groups in total. The number of nitrogens with two attached hydrogens (primary N) is 1. The highest BCUT2D eigenvalue weighted by Gasteiger charge is 2.17. The largest absolute Gasteiger partial charge is 0.351 e. The zero-order valence-electron chi connectivity index (χ0n) is 14.3. The van der Waals surface area contributed by atoms with Crippen molar-refractivity contribution >= 4 is 52.2 Å². The van der Waals surface area contributed by atoms with Gasteiger partial charge in [-0.1, -0.05) is 18.5 Å². The normalized spacial score (nSPS) is 11.4. The topological polar surface area (TPSA) is 84.2 Å². The van der Waals surface area contributed by atoms with Crippen molar-refractivity contribution in [2.75, 3.05) is 18.4 Å². The van der Waals surface area contributed by atoms with Gasteiger partial charge >= 0.3 is 0 Å². The van der Waals surface area contributed by atoms with E-state index in [2.05, 4.69) is 10.6 Å². The standard InChI is InChI=1S/C17H19ClFN3O2S.ClH/c1-9(7-20)8-21-17(24)15-10(2)5-14(25-15)22-16(23)12-4-3-11(19)6-13(12)18;/h3-6,9H,7-8,20H2,1-2H3,(H,21,24)(H,22,23);1H. The first-order valence-electron chi connectivity index (χ1n) is 7.67. The number of halogens is 3. The van der Waals surface area contributed by atoms with Crippen LogP contribution in [0.5, 0.6) is 0 Å². The Balaban J connectivity index is 0.00000338. The van der Waals surface area contributed by atoms with Gasteiger partial charge in [0.15, 0.2) is 0 Å². The molecule has 0 bridgehead atoms. The summed E-state index contributed by atoms with van der Waals surface area (Å²) in [5.41, 5.74) is 6.45. The Morgan fingerprint density at radius 2 is 2.00 bits per heavy atom. The number of benzene rings is 1. The molecule has 1 aromatic heterocycles. The van der Waals surface area contributed by atoms with Gasteiger partial charge < -0.3 is 16.4 Å². The highest BCUT2D eigenvalue weighted by atomic mass is 35.5. The van der Waals surface area contributed by atoms with Gasteiger partial charge in [-0.15, -0.1) is 23.7 Å². The molecule has 0 radical (unpaired) electrons. The Morgan fingerprint density at radius 3 is 2.62 bits per heavy atom. The van der Waals surface area contributed by atoms with Crippen LogP contribution in [0.15, 0.2) is 24.3 Å². The summed E-state index contributed by atoms with van der Waals surface area (Å²) in [4.78, 5) is 25.0. The Kier molecular flexibility index (Phi) is 8.49. The van der Waals surface area contributed by atoms with Crippen LogP contribution in [0, 0.1) is 18.7 Å². The van der Waals surface area contributed by atoms with Crippen molar-refractivity contribution in [1.82, 2.24) is 5.32 Å². The third-order valence-electron chi connectivity index (χ3n) is 3.55. The number of aryl methyl sites for hydroxylation is 1. The molecule has 0 aliphatic heterocycles. The Hall–Kier alpha value is -1.67. The van der Waals surface area contributed by atoms with Crippen LogP contribution in [0.3, 0.4) is 0 Å². The lowest BCUT2D eigenvalue weighted by Crippen LogP contribution is -2.31. The van der Waals surface area contributed by atoms with Crippen LogP contribution >= 0.6 is 35.3 Å². The first kappa shape index (κ1) is 22.4. The molecule has 2 amide bonds. The number of nitrogens with one attached hydrogen (secondary N) is 2. The lowest BCUT2D eigenvalue weighted by Gasteiger charge is -2.09. The minimum absolute atomic E-state index is 0. The molecule has 1 aromatic carbocycles. The fraction of sp³-hybridized carbons (Fsp3) is 0.294. The van der Waals surface area contributed by atoms with Crippen molar-refractivity contribution in [2.45, 2.75) is 13.8 Å². The molecule has 2 rings (SSSR count). The number of hydrogen-bond donors (Lipinski definition) is 3. The molecule has 26 heavy (non-hydrogen) atoms. The minimum atomic E-state index is -0.515. The fourth-order valence-corrected chi connectivity index (χ4v) is 3.29. The van der Waals surface area contributed by atoms with Gasteiger partial charge in [0.2, 0.25) is 0 Å². The molecule has 2 aromatic rings. The van der Waals surface area contributed by atoms with E-state index in [1.807, 2.05) is 6.92 Å². The highest BCUT2D eigenvalue weighted by molar-refractivity contribution is 7.18. The van der Waals surface area contributed by atoms with Crippen molar-refractivity contribution in [3.63, 3.8) is 0 Å². The number of hydrogen-bond acceptors (Lipinski definition) is 4. The summed E-state index contributed by atoms with van der Waals surface area (Å²) in [6.45, 7) is 4.71. The number of anilines is 1. The average Bonchev–Trinajstić information content (AvgIpc) is 2.92. The maximum absolute atomic E-state index is 13.1. The van der Waals surface area contributed by atoms with Gasteiger partial charge in [-0.2, -0.15) is 0 Å². The summed E-state index contributed by atoms with van der Waals surface area (Å²) < 4.78 is 13.1. The minimum Gasteiger partial charge on any atom is -0.351 e. The van der Waals surface area contributed by atoms with E-state index in [1.54, 1.807) is 13.0 Å². The molecule has 0 aliphatic rings. The molecule has 0 saturated carbocycles. The second kappa shape index (κ2) is 9.87. The van der Waals surface area contributed by atoms with Gasteiger partial charge in [0.05, 0.1) is 20.5 Å². The summed E-state index contributed by atoms with van der Waals surface area (Å²) in [6, 6.07) is 5.27. The van der Waals surface area contributed by atoms with Crippen molar-refractivity contribution in [2.24, 2.45) is 11.7 Å². The zero-order valence-corrected chi connectivity index (χ0v) is 16.7. The predicted octanol–water partition coefficient (Wildman–Crippen LogP) is 3.85. The summed E-state index contributed by atoms with van der Waals surface area (Å²) >= 11 is 7.06. The van der Waals surface area contributed by atoms with Gasteiger partial charge in [0.25, 0.3) is 11.8 Å². The van der Waals surface area contributed by atoms with E-state index in [0.29, 0.717) is 23.0 Å². The molecule has 1 unspecified atom stereocenters. The van der Waals surface area contributed by atoms with Crippen LogP contribution in [0.1, 0.15) is 32.5 Å². The van der Waals surface area contributed by atoms with Crippen molar-refractivity contribution in [3.05, 3.63) is 51.1 Å². The quantitative estimate of drug-likeness (QED) is 0.664. The molecule has 5 nitrogen and oxygen atoms in total. The van der Waals surface area contributed by atoms with Crippen molar-refractivity contribution < 1.29 is 14.0 Å². The monoisotopic (exact) mass is 419 g/mol. The lowest BCUT2D eigenvalue weighted by atomic mass is 10.2. The van der Waals surface area contributed by atoms with Crippen LogP contribution in [0.25, 0.3) is 0 Å². The number of amides is 2. The molecular formula is C17H20Cl2FN3O2S. The van der Waals surface area contributed by atoms with Crippen LogP contribution in [0.2, 0.25) is 5.02 Å². The third-order valence-corrected chi connectivity index (χ3v) is 5.01. The molecular weight excluding hydrogens is 400 g/mol. The average molecular weight is 420 g/mol. The molecule has 0 fully saturated rings. The summed E-state index contributed by atoms with van der Waals surface area (Å²) in [6.07, 6.45) is 0. The van der Waals surface area contributed by atoms with Gasteiger partial charge in [0, 0.05) is 6.54 Å². The Bertz CT molecular complexity index is 798. The molecule has 9 heteroatoms. The number of thiophene rings is 1. The van der Waals surface area contributed by atoms with Gasteiger partial charge in [-0.05, 0) is 49.2 Å². The zero-order chi connectivity index (χ0) is 18.6. The van der Waals surface area contributed by atoms with E-state index in [-0.39, 0.29) is 34.8 Å². The maximum atomic E-state index is 13.1. The lowest BCUT2D eigenvalue weighted by molar-refractivity contribution is 0.0951. The third kappa shape index (κ3) is 5.67. The van der Waals surface area contributed by atoms with E-state index in [0.717, 1.165) is 17.7 Å². The smallest absolute Gasteiger partial charge is 0.261 e. The van der Waals surface area contributed by atoms with E-state index < -0.39 is 11.7 Å². The van der Waals surface area contributed by atoms with Gasteiger partial charge in [-0.3, -0.25) is 9.59 Å². The predicted molar refractivity (Wildman–Crippen MR) is 106 cm³/mol. The summed E-state index contributed by atoms with van der Waals surface area (Å²) in [5, 5.41) is 6.04. The van der Waals surface area contributed by atoms with Crippen LogP contribution in [-0.4, -0.2) is 24.9 Å². The van der Waals surface area contributed by atoms with Gasteiger partial charge in [-0.25, -0.2) is 4.39 Å². The first-order chi connectivity index (χ1) is 11.8. The van der Waals surface area contributed by atoms with Crippen LogP contribution < -0.4 is 16.4 Å². The SMILES string of the molecule is Cc1cc(NC(=O)c2ccc(F)cc2Cl)sc1C(=O)NCC(C)CN.Cl. The van der Waals surface area contributed by atoms with Crippen LogP contribution in [-0.2, 0) is 0 Å². The maximum Gasteiger partial charge on any atom is 0.261 e. The van der Waals surface area contributed by atoms with Gasteiger partial charge in [0.1, 0.15) is 5.82 Å². The second-order valence-electron chi connectivity index (χ2n) is 5.75. The first-order valence-corrected chi connectivity index (χ1v) is 8.86. The Morgan fingerprint density at radius 1 is 1.31 bits per heavy atom. The Labute approximate surface area is 166 Å². The molecule has 1 atom stereocenters. The van der Waals surface area contributed by atoms with E-state index in [4.69, 9.17) is 17.3 Å². The number of rotatable bonds is 6. The molecule has 142 valence electrons. The highest BCUT2D eigenvalue weighted by Crippen LogP contribution is 2.28. The molecule has 0 aliphatic carbocycles.